The molecule has 1 amide bonds. The van der Waals surface area contributed by atoms with Crippen LogP contribution in [0.25, 0.3) is 0 Å². The van der Waals surface area contributed by atoms with Gasteiger partial charge in [0.05, 0.1) is 4.90 Å². The number of nitrogens with one attached hydrogen (secondary N) is 2. The van der Waals surface area contributed by atoms with Crippen molar-refractivity contribution >= 4 is 21.6 Å². The average Bonchev–Trinajstić information content (AvgIpc) is 2.59. The van der Waals surface area contributed by atoms with Crippen LogP contribution in [0.5, 0.6) is 0 Å². The van der Waals surface area contributed by atoms with Crippen molar-refractivity contribution in [3.05, 3.63) is 59.7 Å². The molecule has 0 aliphatic carbocycles. The monoisotopic (exact) mass is 374 g/mol. The van der Waals surface area contributed by atoms with Gasteiger partial charge in [0, 0.05) is 18.7 Å². The van der Waals surface area contributed by atoms with Crippen molar-refractivity contribution in [2.24, 2.45) is 5.92 Å². The zero-order valence-corrected chi connectivity index (χ0v) is 16.4. The third-order valence-electron chi connectivity index (χ3n) is 4.18. The van der Waals surface area contributed by atoms with Crippen molar-refractivity contribution in [1.82, 2.24) is 4.72 Å². The van der Waals surface area contributed by atoms with Crippen molar-refractivity contribution in [3.63, 3.8) is 0 Å². The normalized spacial score (nSPS) is 12.8. The van der Waals surface area contributed by atoms with E-state index >= 15 is 0 Å². The average molecular weight is 375 g/mol. The van der Waals surface area contributed by atoms with Gasteiger partial charge < -0.3 is 5.32 Å². The number of hydrogen-bond acceptors (Lipinski definition) is 3. The molecule has 1 atom stereocenters. The Labute approximate surface area is 155 Å². The minimum absolute atomic E-state index is 0.0934. The molecule has 0 unspecified atom stereocenters. The molecule has 0 aromatic heterocycles. The first-order valence-electron chi connectivity index (χ1n) is 8.71. The molecule has 26 heavy (non-hydrogen) atoms. The Balaban J connectivity index is 2.24. The molecule has 0 saturated carbocycles. The van der Waals surface area contributed by atoms with Gasteiger partial charge in [-0.3, -0.25) is 4.79 Å². The lowest BCUT2D eigenvalue weighted by molar-refractivity contribution is -0.114. The maximum absolute atomic E-state index is 12.8. The van der Waals surface area contributed by atoms with Crippen molar-refractivity contribution in [3.8, 4) is 0 Å². The molecule has 0 saturated heterocycles. The zero-order chi connectivity index (χ0) is 19.3. The molecule has 0 fully saturated rings. The maximum Gasteiger partial charge on any atom is 0.241 e. The molecule has 0 aliphatic rings. The van der Waals surface area contributed by atoms with E-state index in [1.165, 1.54) is 24.6 Å². The van der Waals surface area contributed by atoms with Gasteiger partial charge in [0.25, 0.3) is 0 Å². The molecule has 0 bridgehead atoms. The summed E-state index contributed by atoms with van der Waals surface area (Å²) < 4.78 is 28.4. The number of aryl methyl sites for hydroxylation is 1. The van der Waals surface area contributed by atoms with E-state index in [4.69, 9.17) is 0 Å². The van der Waals surface area contributed by atoms with E-state index in [9.17, 15) is 13.2 Å². The standard InChI is InChI=1S/C20H26N2O3S/c1-5-16-6-8-17(9-7-16)20(14(2)3)22-26(24,25)19-12-10-18(11-13-19)21-15(4)23/h6-14,20,22H,5H2,1-4H3,(H,21,23)/t20-/m0/s1. The first-order chi connectivity index (χ1) is 12.2. The molecule has 5 nitrogen and oxygen atoms in total. The van der Waals surface area contributed by atoms with Gasteiger partial charge in [-0.25, -0.2) is 13.1 Å². The van der Waals surface area contributed by atoms with Gasteiger partial charge in [-0.05, 0) is 47.7 Å². The highest BCUT2D eigenvalue weighted by Gasteiger charge is 2.24. The number of carbonyl (C=O) groups excluding carboxylic acids is 1. The second-order valence-electron chi connectivity index (χ2n) is 6.64. The van der Waals surface area contributed by atoms with Crippen LogP contribution in [0.4, 0.5) is 5.69 Å². The van der Waals surface area contributed by atoms with Crippen molar-refractivity contribution in [1.29, 1.82) is 0 Å². The van der Waals surface area contributed by atoms with Crippen LogP contribution in [0.2, 0.25) is 0 Å². The Morgan fingerprint density at radius 1 is 1.00 bits per heavy atom. The van der Waals surface area contributed by atoms with Gasteiger partial charge in [0.2, 0.25) is 15.9 Å². The summed E-state index contributed by atoms with van der Waals surface area (Å²) in [5.74, 6) is -0.106. The van der Waals surface area contributed by atoms with Crippen molar-refractivity contribution in [2.45, 2.75) is 45.1 Å². The summed E-state index contributed by atoms with van der Waals surface area (Å²) in [6, 6.07) is 13.8. The summed E-state index contributed by atoms with van der Waals surface area (Å²) in [4.78, 5) is 11.2. The highest BCUT2D eigenvalue weighted by atomic mass is 32.2. The van der Waals surface area contributed by atoms with E-state index in [1.54, 1.807) is 12.1 Å². The van der Waals surface area contributed by atoms with Crippen LogP contribution in [0, 0.1) is 5.92 Å². The third kappa shape index (κ3) is 5.16. The fourth-order valence-corrected chi connectivity index (χ4v) is 4.08. The van der Waals surface area contributed by atoms with Crippen LogP contribution in [0.15, 0.2) is 53.4 Å². The van der Waals surface area contributed by atoms with E-state index in [1.807, 2.05) is 38.1 Å². The number of rotatable bonds is 7. The van der Waals surface area contributed by atoms with Crippen LogP contribution in [-0.4, -0.2) is 14.3 Å². The minimum Gasteiger partial charge on any atom is -0.326 e. The summed E-state index contributed by atoms with van der Waals surface area (Å²) in [7, 11) is -3.68. The quantitative estimate of drug-likeness (QED) is 0.772. The van der Waals surface area contributed by atoms with Gasteiger partial charge >= 0.3 is 0 Å². The molecule has 2 rings (SSSR count). The highest BCUT2D eigenvalue weighted by molar-refractivity contribution is 7.89. The van der Waals surface area contributed by atoms with Crippen LogP contribution >= 0.6 is 0 Å². The first-order valence-corrected chi connectivity index (χ1v) is 10.2. The molecular weight excluding hydrogens is 348 g/mol. The number of hydrogen-bond donors (Lipinski definition) is 2. The molecule has 0 radical (unpaired) electrons. The Kier molecular flexibility index (Phi) is 6.56. The van der Waals surface area contributed by atoms with Gasteiger partial charge in [-0.15, -0.1) is 0 Å². The Bertz CT molecular complexity index is 842. The minimum atomic E-state index is -3.68. The lowest BCUT2D eigenvalue weighted by Gasteiger charge is -2.23. The Morgan fingerprint density at radius 3 is 2.04 bits per heavy atom. The van der Waals surface area contributed by atoms with Crippen LogP contribution in [-0.2, 0) is 21.2 Å². The summed E-state index contributed by atoms with van der Waals surface area (Å²) in [5, 5.41) is 2.62. The lowest BCUT2D eigenvalue weighted by atomic mass is 9.96. The van der Waals surface area contributed by atoms with Crippen molar-refractivity contribution in [2.75, 3.05) is 5.32 Å². The zero-order valence-electron chi connectivity index (χ0n) is 15.6. The topological polar surface area (TPSA) is 75.3 Å². The Morgan fingerprint density at radius 2 is 1.58 bits per heavy atom. The molecule has 2 aromatic rings. The second-order valence-corrected chi connectivity index (χ2v) is 8.36. The number of anilines is 1. The molecule has 0 spiro atoms. The summed E-state index contributed by atoms with van der Waals surface area (Å²) >= 11 is 0. The first kappa shape index (κ1) is 20.1. The van der Waals surface area contributed by atoms with E-state index in [0.717, 1.165) is 12.0 Å². The predicted molar refractivity (Wildman–Crippen MR) is 104 cm³/mol. The lowest BCUT2D eigenvalue weighted by Crippen LogP contribution is -2.31. The smallest absolute Gasteiger partial charge is 0.241 e. The number of sulfonamides is 1. The van der Waals surface area contributed by atoms with Crippen LogP contribution in [0.3, 0.4) is 0 Å². The van der Waals surface area contributed by atoms with E-state index in [2.05, 4.69) is 17.0 Å². The number of amides is 1. The predicted octanol–water partition coefficient (Wildman–Crippen LogP) is 3.88. The molecule has 2 aromatic carbocycles. The largest absolute Gasteiger partial charge is 0.326 e. The van der Waals surface area contributed by atoms with E-state index < -0.39 is 10.0 Å². The maximum atomic E-state index is 12.8. The summed E-state index contributed by atoms with van der Waals surface area (Å²) in [5.41, 5.74) is 2.72. The van der Waals surface area contributed by atoms with Crippen LogP contribution < -0.4 is 10.0 Å². The van der Waals surface area contributed by atoms with Gasteiger partial charge in [0.15, 0.2) is 0 Å². The second kappa shape index (κ2) is 8.47. The number of benzene rings is 2. The SMILES string of the molecule is CCc1ccc([C@@H](NS(=O)(=O)c2ccc(NC(C)=O)cc2)C(C)C)cc1. The number of carbonyl (C=O) groups is 1. The fourth-order valence-electron chi connectivity index (χ4n) is 2.71. The van der Waals surface area contributed by atoms with Gasteiger partial charge in [-0.1, -0.05) is 45.0 Å². The van der Waals surface area contributed by atoms with E-state index in [-0.39, 0.29) is 22.8 Å². The summed E-state index contributed by atoms with van der Waals surface area (Å²) in [6.07, 6.45) is 0.943. The highest BCUT2D eigenvalue weighted by Crippen LogP contribution is 2.25. The molecule has 0 aliphatic heterocycles. The molecule has 2 N–H and O–H groups in total. The molecule has 140 valence electrons. The molecular formula is C20H26N2O3S. The third-order valence-corrected chi connectivity index (χ3v) is 5.64. The molecule has 6 heteroatoms. The van der Waals surface area contributed by atoms with E-state index in [0.29, 0.717) is 5.69 Å². The molecule has 0 heterocycles. The van der Waals surface area contributed by atoms with Crippen molar-refractivity contribution < 1.29 is 13.2 Å². The van der Waals surface area contributed by atoms with Crippen LogP contribution in [0.1, 0.15) is 44.9 Å². The summed E-state index contributed by atoms with van der Waals surface area (Å²) in [6.45, 7) is 7.47. The Hall–Kier alpha value is -2.18. The fraction of sp³-hybridized carbons (Fsp3) is 0.350. The van der Waals surface area contributed by atoms with Gasteiger partial charge in [-0.2, -0.15) is 0 Å². The van der Waals surface area contributed by atoms with Gasteiger partial charge in [0.1, 0.15) is 0 Å².